The fraction of sp³-hybridized carbons (Fsp3) is 0. The van der Waals surface area contributed by atoms with Gasteiger partial charge in [0.25, 0.3) is 5.24 Å². The van der Waals surface area contributed by atoms with Crippen molar-refractivity contribution in [3.63, 3.8) is 0 Å². The molecule has 0 radical (unpaired) electrons. The van der Waals surface area contributed by atoms with Crippen LogP contribution in [0.1, 0.15) is 10.4 Å². The molecule has 0 heterocycles. The fourth-order valence-corrected chi connectivity index (χ4v) is 0.763. The van der Waals surface area contributed by atoms with E-state index in [1.807, 2.05) is 0 Å². The molecule has 1 aromatic carbocycles. The van der Waals surface area contributed by atoms with E-state index in [1.54, 1.807) is 0 Å². The monoisotopic (exact) mass is 172 g/mol. The zero-order valence-electron chi connectivity index (χ0n) is 5.41. The summed E-state index contributed by atoms with van der Waals surface area (Å²) in [4.78, 5) is 10.5. The smallest absolute Gasteiger partial charge is 0.252 e. The van der Waals surface area contributed by atoms with Crippen LogP contribution in [-0.2, 0) is 0 Å². The Labute approximate surface area is 67.8 Å². The van der Waals surface area contributed by atoms with E-state index in [0.717, 1.165) is 6.07 Å². The zero-order valence-corrected chi connectivity index (χ0v) is 6.17. The lowest BCUT2D eigenvalue weighted by atomic mass is 10.2. The molecule has 0 bridgehead atoms. The number of benzene rings is 1. The van der Waals surface area contributed by atoms with Crippen molar-refractivity contribution < 1.29 is 15.0 Å². The first-order chi connectivity index (χ1) is 5.11. The molecule has 0 amide bonds. The number of hydrogen-bond acceptors (Lipinski definition) is 3. The molecule has 1 aromatic rings. The largest absolute Gasteiger partial charge is 0.504 e. The van der Waals surface area contributed by atoms with Gasteiger partial charge in [-0.1, -0.05) is 0 Å². The number of phenols is 2. The maximum atomic E-state index is 10.5. The molecule has 0 aromatic heterocycles. The van der Waals surface area contributed by atoms with Gasteiger partial charge in [0.15, 0.2) is 11.5 Å². The van der Waals surface area contributed by atoms with Crippen molar-refractivity contribution in [2.24, 2.45) is 0 Å². The van der Waals surface area contributed by atoms with Crippen LogP contribution in [0, 0.1) is 0 Å². The molecule has 0 unspecified atom stereocenters. The first-order valence-corrected chi connectivity index (χ1v) is 3.21. The molecule has 0 saturated heterocycles. The molecule has 0 fully saturated rings. The third-order valence-electron chi connectivity index (χ3n) is 1.20. The van der Waals surface area contributed by atoms with E-state index < -0.39 is 5.24 Å². The van der Waals surface area contributed by atoms with Gasteiger partial charge in [-0.2, -0.15) is 0 Å². The molecule has 0 spiro atoms. The van der Waals surface area contributed by atoms with Crippen molar-refractivity contribution in [1.29, 1.82) is 0 Å². The van der Waals surface area contributed by atoms with Crippen LogP contribution in [0.4, 0.5) is 0 Å². The molecule has 2 N–H and O–H groups in total. The van der Waals surface area contributed by atoms with Gasteiger partial charge < -0.3 is 10.2 Å². The van der Waals surface area contributed by atoms with Gasteiger partial charge in [0, 0.05) is 5.56 Å². The Bertz CT molecular complexity index is 296. The van der Waals surface area contributed by atoms with Crippen molar-refractivity contribution in [2.45, 2.75) is 0 Å². The highest BCUT2D eigenvalue weighted by Crippen LogP contribution is 2.25. The van der Waals surface area contributed by atoms with Crippen LogP contribution in [0.2, 0.25) is 0 Å². The van der Waals surface area contributed by atoms with Crippen molar-refractivity contribution in [1.82, 2.24) is 0 Å². The minimum atomic E-state index is -0.666. The van der Waals surface area contributed by atoms with E-state index >= 15 is 0 Å². The molecular weight excluding hydrogens is 168 g/mol. The SMILES string of the molecule is O=C(Cl)c1ccc(O)c(O)c1. The Hall–Kier alpha value is -1.22. The fourth-order valence-electron chi connectivity index (χ4n) is 0.646. The van der Waals surface area contributed by atoms with Crippen molar-refractivity contribution >= 4 is 16.8 Å². The lowest BCUT2D eigenvalue weighted by molar-refractivity contribution is 0.108. The van der Waals surface area contributed by atoms with Gasteiger partial charge in [-0.3, -0.25) is 4.79 Å². The van der Waals surface area contributed by atoms with Gasteiger partial charge in [0.05, 0.1) is 0 Å². The van der Waals surface area contributed by atoms with E-state index in [0.29, 0.717) is 0 Å². The second-order valence-corrected chi connectivity index (χ2v) is 2.32. The third-order valence-corrected chi connectivity index (χ3v) is 1.42. The van der Waals surface area contributed by atoms with Gasteiger partial charge in [-0.05, 0) is 29.8 Å². The molecule has 4 heteroatoms. The quantitative estimate of drug-likeness (QED) is 0.498. The van der Waals surface area contributed by atoms with Crippen molar-refractivity contribution in [3.8, 4) is 11.5 Å². The van der Waals surface area contributed by atoms with Gasteiger partial charge in [-0.25, -0.2) is 0 Å². The first-order valence-electron chi connectivity index (χ1n) is 2.83. The minimum absolute atomic E-state index is 0.155. The predicted octanol–water partition coefficient (Wildman–Crippen LogP) is 1.48. The second kappa shape index (κ2) is 2.80. The summed E-state index contributed by atoms with van der Waals surface area (Å²) in [5.74, 6) is -0.622. The summed E-state index contributed by atoms with van der Waals surface area (Å²) in [6.07, 6.45) is 0. The van der Waals surface area contributed by atoms with E-state index in [1.165, 1.54) is 12.1 Å². The molecule has 3 nitrogen and oxygen atoms in total. The van der Waals surface area contributed by atoms with Crippen LogP contribution < -0.4 is 0 Å². The average Bonchev–Trinajstić information content (AvgIpc) is 1.94. The normalized spacial score (nSPS) is 9.55. The molecule has 0 aliphatic carbocycles. The van der Waals surface area contributed by atoms with Gasteiger partial charge >= 0.3 is 0 Å². The number of rotatable bonds is 1. The molecule has 0 atom stereocenters. The Kier molecular flexibility index (Phi) is 2.01. The summed E-state index contributed by atoms with van der Waals surface area (Å²) in [6.45, 7) is 0. The van der Waals surface area contributed by atoms with Gasteiger partial charge in [-0.15, -0.1) is 0 Å². The lowest BCUT2D eigenvalue weighted by Gasteiger charge is -1.97. The Balaban J connectivity index is 3.15. The third kappa shape index (κ3) is 1.62. The van der Waals surface area contributed by atoms with E-state index in [-0.39, 0.29) is 17.1 Å². The summed E-state index contributed by atoms with van der Waals surface area (Å²) in [7, 11) is 0. The molecule has 0 saturated carbocycles. The number of halogens is 1. The van der Waals surface area contributed by atoms with Crippen LogP contribution in [0.3, 0.4) is 0 Å². The molecule has 11 heavy (non-hydrogen) atoms. The topological polar surface area (TPSA) is 57.5 Å². The van der Waals surface area contributed by atoms with Crippen LogP contribution in [0.25, 0.3) is 0 Å². The minimum Gasteiger partial charge on any atom is -0.504 e. The van der Waals surface area contributed by atoms with Crippen LogP contribution in [0.15, 0.2) is 18.2 Å². The first kappa shape index (κ1) is 7.88. The highest BCUT2D eigenvalue weighted by Gasteiger charge is 2.04. The summed E-state index contributed by atoms with van der Waals surface area (Å²) >= 11 is 5.10. The van der Waals surface area contributed by atoms with E-state index in [9.17, 15) is 4.79 Å². The second-order valence-electron chi connectivity index (χ2n) is 1.98. The number of phenolic OH excluding ortho intramolecular Hbond substituents is 2. The maximum absolute atomic E-state index is 10.5. The number of carbonyl (C=O) groups is 1. The highest BCUT2D eigenvalue weighted by molar-refractivity contribution is 6.67. The van der Waals surface area contributed by atoms with Crippen LogP contribution in [-0.4, -0.2) is 15.5 Å². The van der Waals surface area contributed by atoms with Crippen molar-refractivity contribution in [3.05, 3.63) is 23.8 Å². The average molecular weight is 173 g/mol. The summed E-state index contributed by atoms with van der Waals surface area (Å²) < 4.78 is 0. The maximum Gasteiger partial charge on any atom is 0.252 e. The number of hydrogen-bond donors (Lipinski definition) is 2. The summed E-state index contributed by atoms with van der Waals surface area (Å²) in [5.41, 5.74) is 0.155. The Morgan fingerprint density at radius 3 is 2.36 bits per heavy atom. The van der Waals surface area contributed by atoms with Gasteiger partial charge in [0.2, 0.25) is 0 Å². The standard InChI is InChI=1S/C7H5ClO3/c8-7(11)4-1-2-5(9)6(10)3-4/h1-3,9-10H. The van der Waals surface area contributed by atoms with Crippen LogP contribution >= 0.6 is 11.6 Å². The molecule has 1 rings (SSSR count). The van der Waals surface area contributed by atoms with E-state index in [4.69, 9.17) is 21.8 Å². The number of aromatic hydroxyl groups is 2. The lowest BCUT2D eigenvalue weighted by Crippen LogP contribution is -1.86. The Morgan fingerprint density at radius 2 is 1.91 bits per heavy atom. The predicted molar refractivity (Wildman–Crippen MR) is 40.0 cm³/mol. The summed E-state index contributed by atoms with van der Waals surface area (Å²) in [5, 5.41) is 17.0. The van der Waals surface area contributed by atoms with Gasteiger partial charge in [0.1, 0.15) is 0 Å². The summed E-state index contributed by atoms with van der Waals surface area (Å²) in [6, 6.07) is 3.62. The van der Waals surface area contributed by atoms with Crippen molar-refractivity contribution in [2.75, 3.05) is 0 Å². The zero-order chi connectivity index (χ0) is 8.43. The molecule has 0 aliphatic heterocycles. The molecular formula is C7H5ClO3. The van der Waals surface area contributed by atoms with Crippen LogP contribution in [0.5, 0.6) is 11.5 Å². The van der Waals surface area contributed by atoms with E-state index in [2.05, 4.69) is 0 Å². The molecule has 0 aliphatic rings. The Morgan fingerprint density at radius 1 is 1.27 bits per heavy atom. The number of carbonyl (C=O) groups excluding carboxylic acids is 1. The molecule has 58 valence electrons. The highest BCUT2D eigenvalue weighted by atomic mass is 35.5.